The zero-order valence-electron chi connectivity index (χ0n) is 3.50. The Labute approximate surface area is 52.3 Å². The second-order valence-corrected chi connectivity index (χ2v) is 2.46. The van der Waals surface area contributed by atoms with Gasteiger partial charge in [-0.25, -0.2) is 0 Å². The van der Waals surface area contributed by atoms with Crippen LogP contribution in [0.3, 0.4) is 0 Å². The lowest BCUT2D eigenvalue weighted by Gasteiger charge is -1.78. The molecule has 0 spiro atoms. The Hall–Kier alpha value is 0.120. The van der Waals surface area contributed by atoms with Crippen LogP contribution in [0, 0.1) is 0 Å². The highest BCUT2D eigenvalue weighted by Crippen LogP contribution is 2.04. The van der Waals surface area contributed by atoms with E-state index >= 15 is 0 Å². The maximum Gasteiger partial charge on any atom is 0.128 e. The Kier molecular flexibility index (Phi) is 1.45. The van der Waals surface area contributed by atoms with Crippen molar-refractivity contribution in [3.63, 3.8) is 0 Å². The average molecular weight is 179 g/mol. The van der Waals surface area contributed by atoms with Gasteiger partial charge in [-0.05, 0) is 31.4 Å². The zero-order chi connectivity index (χ0) is 5.28. The van der Waals surface area contributed by atoms with Crippen LogP contribution >= 0.6 is 25.3 Å². The molecule has 2 nitrogen and oxygen atoms in total. The molecule has 1 atom stereocenters. The maximum absolute atomic E-state index is 3.91. The van der Waals surface area contributed by atoms with Crippen molar-refractivity contribution < 1.29 is 0 Å². The van der Waals surface area contributed by atoms with Crippen molar-refractivity contribution in [2.24, 2.45) is 0 Å². The molecular formula is C3H4BrN2P. The first kappa shape index (κ1) is 5.26. The molecule has 1 heterocycles. The summed E-state index contributed by atoms with van der Waals surface area (Å²) in [5.74, 6) is 0. The molecule has 4 heteroatoms. The smallest absolute Gasteiger partial charge is 0.128 e. The maximum atomic E-state index is 3.91. The van der Waals surface area contributed by atoms with Crippen LogP contribution in [-0.2, 0) is 0 Å². The van der Waals surface area contributed by atoms with Gasteiger partial charge < -0.3 is 0 Å². The first-order valence-corrected chi connectivity index (χ1v) is 3.06. The van der Waals surface area contributed by atoms with Crippen molar-refractivity contribution in [3.05, 3.63) is 16.9 Å². The molecule has 0 N–H and O–H groups in total. The predicted molar refractivity (Wildman–Crippen MR) is 35.0 cm³/mol. The van der Waals surface area contributed by atoms with Crippen LogP contribution in [0.4, 0.5) is 0 Å². The highest BCUT2D eigenvalue weighted by Gasteiger charge is 1.84. The van der Waals surface area contributed by atoms with E-state index in [1.165, 1.54) is 0 Å². The second kappa shape index (κ2) is 1.93. The second-order valence-electron chi connectivity index (χ2n) is 1.12. The molecule has 0 saturated carbocycles. The minimum atomic E-state index is 0.863. The fourth-order valence-electron chi connectivity index (χ4n) is 0.315. The van der Waals surface area contributed by atoms with Crippen molar-refractivity contribution in [3.8, 4) is 0 Å². The monoisotopic (exact) mass is 178 g/mol. The number of hydrogen-bond acceptors (Lipinski definition) is 1. The van der Waals surface area contributed by atoms with Gasteiger partial charge in [-0.3, -0.25) is 4.45 Å². The van der Waals surface area contributed by atoms with Crippen molar-refractivity contribution in [2.45, 2.75) is 0 Å². The van der Waals surface area contributed by atoms with E-state index < -0.39 is 0 Å². The summed E-state index contributed by atoms with van der Waals surface area (Å²) in [5, 5.41) is 3.91. The van der Waals surface area contributed by atoms with Crippen LogP contribution in [0.2, 0.25) is 0 Å². The minimum absolute atomic E-state index is 0.863. The van der Waals surface area contributed by atoms with Crippen molar-refractivity contribution >= 4 is 25.3 Å². The summed E-state index contributed by atoms with van der Waals surface area (Å²) in [4.78, 5) is 0. The van der Waals surface area contributed by atoms with Crippen LogP contribution in [-0.4, -0.2) is 9.55 Å². The van der Waals surface area contributed by atoms with E-state index in [1.807, 2.05) is 12.3 Å². The Balaban J connectivity index is 3.04. The van der Waals surface area contributed by atoms with E-state index in [1.54, 1.807) is 4.45 Å². The Bertz CT molecular complexity index is 145. The molecule has 0 aromatic carbocycles. The standard InChI is InChI=1S/C3H4BrN2P/c4-3-1-2-6(7)5-3/h1-2H,7H2. The summed E-state index contributed by atoms with van der Waals surface area (Å²) in [6, 6.07) is 1.87. The zero-order valence-corrected chi connectivity index (χ0v) is 6.25. The number of nitrogens with zero attached hydrogens (tertiary/aromatic N) is 2. The molecule has 1 rings (SSSR count). The van der Waals surface area contributed by atoms with E-state index in [4.69, 9.17) is 0 Å². The molecule has 0 aliphatic carbocycles. The fourth-order valence-corrected chi connectivity index (χ4v) is 0.996. The Morgan fingerprint density at radius 3 is 2.71 bits per heavy atom. The van der Waals surface area contributed by atoms with E-state index in [0.717, 1.165) is 4.60 Å². The summed E-state index contributed by atoms with van der Waals surface area (Å²) in [7, 11) is 2.43. The number of aromatic nitrogens is 2. The topological polar surface area (TPSA) is 17.8 Å². The molecule has 0 aliphatic heterocycles. The molecule has 1 unspecified atom stereocenters. The summed E-state index contributed by atoms with van der Waals surface area (Å²) in [6.45, 7) is 0. The highest BCUT2D eigenvalue weighted by molar-refractivity contribution is 9.10. The molecule has 0 amide bonds. The van der Waals surface area contributed by atoms with Gasteiger partial charge in [0, 0.05) is 6.20 Å². The summed E-state index contributed by atoms with van der Waals surface area (Å²) >= 11 is 3.19. The van der Waals surface area contributed by atoms with Crippen molar-refractivity contribution in [1.82, 2.24) is 9.55 Å². The van der Waals surface area contributed by atoms with Gasteiger partial charge in [0.25, 0.3) is 0 Å². The third-order valence-electron chi connectivity index (χ3n) is 0.576. The normalized spacial score (nSPS) is 9.43. The van der Waals surface area contributed by atoms with Crippen LogP contribution in [0.5, 0.6) is 0 Å². The van der Waals surface area contributed by atoms with Crippen molar-refractivity contribution in [1.29, 1.82) is 0 Å². The van der Waals surface area contributed by atoms with Gasteiger partial charge in [-0.15, -0.1) is 0 Å². The molecule has 0 aliphatic rings. The molecule has 0 radical (unpaired) electrons. The molecule has 1 aromatic rings. The SMILES string of the molecule is Pn1ccc(Br)n1. The molecule has 1 aromatic heterocycles. The van der Waals surface area contributed by atoms with Crippen LogP contribution < -0.4 is 0 Å². The number of hydrogen-bond donors (Lipinski definition) is 0. The lowest BCUT2D eigenvalue weighted by Crippen LogP contribution is -1.74. The first-order chi connectivity index (χ1) is 3.29. The van der Waals surface area contributed by atoms with E-state index in [9.17, 15) is 0 Å². The quantitative estimate of drug-likeness (QED) is 0.548. The Morgan fingerprint density at radius 2 is 2.57 bits per heavy atom. The van der Waals surface area contributed by atoms with Gasteiger partial charge in [0.05, 0.1) is 0 Å². The fraction of sp³-hybridized carbons (Fsp3) is 0. The molecule has 0 bridgehead atoms. The third kappa shape index (κ3) is 1.25. The Morgan fingerprint density at radius 1 is 1.86 bits per heavy atom. The largest absolute Gasteiger partial charge is 0.257 e. The average Bonchev–Trinajstić information content (AvgIpc) is 1.87. The van der Waals surface area contributed by atoms with Gasteiger partial charge in [0.1, 0.15) is 4.60 Å². The van der Waals surface area contributed by atoms with E-state index in [0.29, 0.717) is 0 Å². The summed E-state index contributed by atoms with van der Waals surface area (Å²) < 4.78 is 2.52. The lowest BCUT2D eigenvalue weighted by molar-refractivity contribution is 0.996. The van der Waals surface area contributed by atoms with Gasteiger partial charge in [0.2, 0.25) is 0 Å². The molecular weight excluding hydrogens is 175 g/mol. The van der Waals surface area contributed by atoms with Crippen LogP contribution in [0.1, 0.15) is 0 Å². The minimum Gasteiger partial charge on any atom is -0.257 e. The predicted octanol–water partition coefficient (Wildman–Crippen LogP) is 1.28. The number of rotatable bonds is 0. The van der Waals surface area contributed by atoms with Gasteiger partial charge in [0.15, 0.2) is 0 Å². The number of halogens is 1. The first-order valence-electron chi connectivity index (χ1n) is 1.75. The molecule has 7 heavy (non-hydrogen) atoms. The van der Waals surface area contributed by atoms with Crippen LogP contribution in [0.25, 0.3) is 0 Å². The van der Waals surface area contributed by atoms with Gasteiger partial charge in [-0.1, -0.05) is 0 Å². The summed E-state index contributed by atoms with van der Waals surface area (Å²) in [6.07, 6.45) is 1.84. The third-order valence-corrected chi connectivity index (χ3v) is 1.29. The van der Waals surface area contributed by atoms with E-state index in [2.05, 4.69) is 30.4 Å². The lowest BCUT2D eigenvalue weighted by atomic mass is 10.8. The summed E-state index contributed by atoms with van der Waals surface area (Å²) in [5.41, 5.74) is 0. The van der Waals surface area contributed by atoms with Gasteiger partial charge in [-0.2, -0.15) is 5.10 Å². The van der Waals surface area contributed by atoms with Crippen LogP contribution in [0.15, 0.2) is 16.9 Å². The van der Waals surface area contributed by atoms with Gasteiger partial charge >= 0.3 is 0 Å². The molecule has 0 fully saturated rings. The van der Waals surface area contributed by atoms with E-state index in [-0.39, 0.29) is 0 Å². The molecule has 0 saturated heterocycles. The highest BCUT2D eigenvalue weighted by atomic mass is 79.9. The molecule has 38 valence electrons. The van der Waals surface area contributed by atoms with Crippen molar-refractivity contribution in [2.75, 3.05) is 0 Å².